The Bertz CT molecular complexity index is 791. The molecule has 2 rings (SSSR count). The number of carbonyl (C=O) groups is 2. The first-order valence-electron chi connectivity index (χ1n) is 9.02. The van der Waals surface area contributed by atoms with Crippen molar-refractivity contribution >= 4 is 23.7 Å². The van der Waals surface area contributed by atoms with Crippen LogP contribution in [0.4, 0.5) is 5.82 Å². The summed E-state index contributed by atoms with van der Waals surface area (Å²) in [7, 11) is 0. The first kappa shape index (κ1) is 21.0. The van der Waals surface area contributed by atoms with Crippen molar-refractivity contribution in [2.24, 2.45) is 5.92 Å². The Hall–Kier alpha value is -3.26. The lowest BCUT2D eigenvalue weighted by molar-refractivity contribution is -0.124. The molecule has 0 unspecified atom stereocenters. The number of amides is 2. The molecule has 1 aromatic carbocycles. The first-order valence-corrected chi connectivity index (χ1v) is 9.02. The summed E-state index contributed by atoms with van der Waals surface area (Å²) in [6.45, 7) is 4.45. The van der Waals surface area contributed by atoms with Crippen LogP contribution in [0.25, 0.3) is 6.08 Å². The molecule has 0 spiro atoms. The van der Waals surface area contributed by atoms with Crippen molar-refractivity contribution in [1.82, 2.24) is 20.8 Å². The van der Waals surface area contributed by atoms with E-state index in [2.05, 4.69) is 20.6 Å². The zero-order chi connectivity index (χ0) is 20.4. The summed E-state index contributed by atoms with van der Waals surface area (Å²) in [6.07, 6.45) is 6.27. The molecule has 28 heavy (non-hydrogen) atoms. The quantitative estimate of drug-likeness (QED) is 0.298. The number of hydrogen-bond donors (Lipinski definition) is 4. The fraction of sp³-hybridized carbons (Fsp3) is 0.300. The molecule has 0 radical (unpaired) electrons. The van der Waals surface area contributed by atoms with Crippen LogP contribution in [0.2, 0.25) is 0 Å². The molecule has 1 aromatic heterocycles. The molecule has 0 bridgehead atoms. The minimum atomic E-state index is -0.656. The highest BCUT2D eigenvalue weighted by Gasteiger charge is 2.22. The lowest BCUT2D eigenvalue weighted by Gasteiger charge is -2.22. The van der Waals surface area contributed by atoms with Crippen molar-refractivity contribution in [2.75, 3.05) is 11.9 Å². The van der Waals surface area contributed by atoms with E-state index in [0.29, 0.717) is 18.1 Å². The summed E-state index contributed by atoms with van der Waals surface area (Å²) in [5.74, 6) is -0.251. The molecule has 2 amide bonds. The summed E-state index contributed by atoms with van der Waals surface area (Å²) in [5.41, 5.74) is 3.11. The maximum Gasteiger partial charge on any atom is 0.267 e. The first-order chi connectivity index (χ1) is 13.5. The predicted octanol–water partition coefficient (Wildman–Crippen LogP) is 1.79. The summed E-state index contributed by atoms with van der Waals surface area (Å²) in [6, 6.07) is 9.52. The van der Waals surface area contributed by atoms with E-state index in [0.717, 1.165) is 12.5 Å². The lowest BCUT2D eigenvalue weighted by atomic mass is 10.0. The zero-order valence-corrected chi connectivity index (χ0v) is 15.9. The number of benzene rings is 1. The molecule has 8 nitrogen and oxygen atoms in total. The van der Waals surface area contributed by atoms with Crippen molar-refractivity contribution < 1.29 is 14.8 Å². The topological polar surface area (TPSA) is 116 Å². The second-order valence-electron chi connectivity index (χ2n) is 6.53. The van der Waals surface area contributed by atoms with Gasteiger partial charge in [-0.25, -0.2) is 10.5 Å². The van der Waals surface area contributed by atoms with E-state index in [1.807, 2.05) is 44.2 Å². The average molecular weight is 383 g/mol. The number of hydrogen-bond acceptors (Lipinski definition) is 6. The Morgan fingerprint density at radius 2 is 1.89 bits per heavy atom. The number of carbonyl (C=O) groups excluding carboxylic acids is 2. The third kappa shape index (κ3) is 6.81. The van der Waals surface area contributed by atoms with Crippen molar-refractivity contribution in [1.29, 1.82) is 0 Å². The standard InChI is InChI=1S/C20H25N5O3/c1-14(2)19(20(27)21-11-10-15-6-4-3-5-7-15)24-17-13-22-16(12-23-17)8-9-18(26)25-28/h3-9,12-14,19,28H,10-11H2,1-2H3,(H,21,27)(H,23,24)(H,25,26)/t19-/m1/s1. The van der Waals surface area contributed by atoms with Crippen LogP contribution in [0.1, 0.15) is 25.1 Å². The Labute approximate surface area is 164 Å². The molecule has 0 fully saturated rings. The number of anilines is 1. The number of hydroxylamine groups is 1. The summed E-state index contributed by atoms with van der Waals surface area (Å²) >= 11 is 0. The van der Waals surface area contributed by atoms with Gasteiger partial charge in [0.25, 0.3) is 5.91 Å². The van der Waals surface area contributed by atoms with E-state index in [4.69, 9.17) is 5.21 Å². The van der Waals surface area contributed by atoms with Gasteiger partial charge in [0, 0.05) is 12.6 Å². The molecule has 4 N–H and O–H groups in total. The average Bonchev–Trinajstić information content (AvgIpc) is 2.71. The van der Waals surface area contributed by atoms with Gasteiger partial charge in [-0.1, -0.05) is 44.2 Å². The van der Waals surface area contributed by atoms with Gasteiger partial charge in [-0.3, -0.25) is 19.8 Å². The zero-order valence-electron chi connectivity index (χ0n) is 15.9. The normalized spacial score (nSPS) is 12.0. The van der Waals surface area contributed by atoms with Crippen LogP contribution in [0, 0.1) is 5.92 Å². The van der Waals surface area contributed by atoms with E-state index >= 15 is 0 Å². The molecule has 2 aromatic rings. The van der Waals surface area contributed by atoms with E-state index in [-0.39, 0.29) is 11.8 Å². The van der Waals surface area contributed by atoms with Gasteiger partial charge >= 0.3 is 0 Å². The third-order valence-electron chi connectivity index (χ3n) is 4.00. The molecule has 0 aliphatic rings. The van der Waals surface area contributed by atoms with E-state index in [9.17, 15) is 9.59 Å². The predicted molar refractivity (Wildman–Crippen MR) is 106 cm³/mol. The third-order valence-corrected chi connectivity index (χ3v) is 4.00. The van der Waals surface area contributed by atoms with E-state index in [1.165, 1.54) is 29.5 Å². The molecule has 0 aliphatic heterocycles. The van der Waals surface area contributed by atoms with Gasteiger partial charge < -0.3 is 10.6 Å². The smallest absolute Gasteiger partial charge is 0.267 e. The minimum absolute atomic E-state index is 0.0475. The summed E-state index contributed by atoms with van der Waals surface area (Å²) in [5, 5.41) is 14.5. The van der Waals surface area contributed by atoms with Crippen LogP contribution in [-0.2, 0) is 16.0 Å². The second-order valence-corrected chi connectivity index (χ2v) is 6.53. The highest BCUT2D eigenvalue weighted by atomic mass is 16.5. The number of aromatic nitrogens is 2. The minimum Gasteiger partial charge on any atom is -0.357 e. The SMILES string of the molecule is CC(C)[C@@H](Nc1cnc(C=CC(=O)NO)cn1)C(=O)NCCc1ccccc1. The number of nitrogens with one attached hydrogen (secondary N) is 3. The van der Waals surface area contributed by atoms with Crippen molar-refractivity contribution in [3.8, 4) is 0 Å². The highest BCUT2D eigenvalue weighted by molar-refractivity contribution is 5.90. The van der Waals surface area contributed by atoms with E-state index < -0.39 is 11.9 Å². The second kappa shape index (κ2) is 10.8. The molecule has 1 heterocycles. The molecular weight excluding hydrogens is 358 g/mol. The van der Waals surface area contributed by atoms with Gasteiger partial charge in [0.05, 0.1) is 18.1 Å². The Kier molecular flexibility index (Phi) is 8.11. The van der Waals surface area contributed by atoms with Gasteiger partial charge in [-0.2, -0.15) is 0 Å². The maximum absolute atomic E-state index is 12.6. The van der Waals surface area contributed by atoms with Crippen LogP contribution in [0.15, 0.2) is 48.8 Å². The van der Waals surface area contributed by atoms with Gasteiger partial charge in [-0.05, 0) is 24.0 Å². The molecule has 1 atom stereocenters. The van der Waals surface area contributed by atoms with Crippen LogP contribution >= 0.6 is 0 Å². The highest BCUT2D eigenvalue weighted by Crippen LogP contribution is 2.11. The number of rotatable bonds is 9. The van der Waals surface area contributed by atoms with Gasteiger partial charge in [0.2, 0.25) is 5.91 Å². The molecule has 148 valence electrons. The van der Waals surface area contributed by atoms with Crippen LogP contribution in [0.5, 0.6) is 0 Å². The Morgan fingerprint density at radius 1 is 1.14 bits per heavy atom. The van der Waals surface area contributed by atoms with Gasteiger partial charge in [0.15, 0.2) is 0 Å². The molecule has 0 saturated carbocycles. The molecule has 0 aliphatic carbocycles. The molecule has 0 saturated heterocycles. The van der Waals surface area contributed by atoms with Crippen molar-refractivity contribution in [2.45, 2.75) is 26.3 Å². The summed E-state index contributed by atoms with van der Waals surface area (Å²) in [4.78, 5) is 31.9. The Morgan fingerprint density at radius 3 is 2.50 bits per heavy atom. The maximum atomic E-state index is 12.6. The largest absolute Gasteiger partial charge is 0.357 e. The Balaban J connectivity index is 1.91. The fourth-order valence-corrected chi connectivity index (χ4v) is 2.48. The van der Waals surface area contributed by atoms with Crippen LogP contribution < -0.4 is 16.1 Å². The van der Waals surface area contributed by atoms with Crippen LogP contribution in [-0.4, -0.2) is 39.6 Å². The lowest BCUT2D eigenvalue weighted by Crippen LogP contribution is -2.43. The molecule has 8 heteroatoms. The number of nitrogens with zero attached hydrogens (tertiary/aromatic N) is 2. The van der Waals surface area contributed by atoms with Crippen molar-refractivity contribution in [3.05, 3.63) is 60.1 Å². The van der Waals surface area contributed by atoms with Gasteiger partial charge in [0.1, 0.15) is 11.9 Å². The monoisotopic (exact) mass is 383 g/mol. The summed E-state index contributed by atoms with van der Waals surface area (Å²) < 4.78 is 0. The van der Waals surface area contributed by atoms with Gasteiger partial charge in [-0.15, -0.1) is 0 Å². The van der Waals surface area contributed by atoms with Crippen molar-refractivity contribution in [3.63, 3.8) is 0 Å². The fourth-order valence-electron chi connectivity index (χ4n) is 2.48. The van der Waals surface area contributed by atoms with E-state index in [1.54, 1.807) is 0 Å². The van der Waals surface area contributed by atoms with Crippen LogP contribution in [0.3, 0.4) is 0 Å². The molecular formula is C20H25N5O3.